The van der Waals surface area contributed by atoms with Gasteiger partial charge in [-0.2, -0.15) is 0 Å². The van der Waals surface area contributed by atoms with E-state index in [1.807, 2.05) is 0 Å². The molecule has 0 aliphatic carbocycles. The van der Waals surface area contributed by atoms with Gasteiger partial charge in [-0.05, 0) is 31.6 Å². The van der Waals surface area contributed by atoms with Crippen LogP contribution in [0.1, 0.15) is 458 Å². The van der Waals surface area contributed by atoms with Crippen LogP contribution in [0.5, 0.6) is 0 Å². The van der Waals surface area contributed by atoms with Gasteiger partial charge < -0.3 is 33.8 Å². The normalized spacial score (nSPS) is 13.8. The summed E-state index contributed by atoms with van der Waals surface area (Å²) in [6, 6.07) is 0. The summed E-state index contributed by atoms with van der Waals surface area (Å²) in [6.45, 7) is 7.34. The molecule has 0 bridgehead atoms. The molecule has 0 spiro atoms. The molecule has 0 aliphatic heterocycles. The minimum Gasteiger partial charge on any atom is -0.462 e. The molecule has 0 rings (SSSR count). The van der Waals surface area contributed by atoms with E-state index >= 15 is 0 Å². The van der Waals surface area contributed by atoms with Gasteiger partial charge in [0.05, 0.1) is 26.4 Å². The second-order valence-electron chi connectivity index (χ2n) is 31.1. The zero-order valence-electron chi connectivity index (χ0n) is 68.2. The molecule has 0 heterocycles. The highest BCUT2D eigenvalue weighted by atomic mass is 31.2. The molecule has 0 aromatic heterocycles. The number of hydrogen-bond acceptors (Lipinski definition) is 15. The van der Waals surface area contributed by atoms with Crippen LogP contribution in [0.3, 0.4) is 0 Å². The summed E-state index contributed by atoms with van der Waals surface area (Å²) >= 11 is 0. The number of esters is 4. The molecule has 0 saturated carbocycles. The predicted molar refractivity (Wildman–Crippen MR) is 428 cm³/mol. The highest BCUT2D eigenvalue weighted by Crippen LogP contribution is 2.45. The third-order valence-electron chi connectivity index (χ3n) is 20.0. The van der Waals surface area contributed by atoms with Crippen LogP contribution < -0.4 is 0 Å². The molecule has 0 amide bonds. The van der Waals surface area contributed by atoms with Gasteiger partial charge in [0.1, 0.15) is 19.3 Å². The maximum absolute atomic E-state index is 13.1. The molecule has 5 atom stereocenters. The number of hydrogen-bond donors (Lipinski definition) is 3. The van der Waals surface area contributed by atoms with E-state index in [-0.39, 0.29) is 25.7 Å². The molecule has 104 heavy (non-hydrogen) atoms. The van der Waals surface area contributed by atoms with Gasteiger partial charge in [0.25, 0.3) is 0 Å². The molecular weight excluding hydrogens is 1350 g/mol. The highest BCUT2D eigenvalue weighted by molar-refractivity contribution is 7.47. The van der Waals surface area contributed by atoms with Crippen molar-refractivity contribution in [2.24, 2.45) is 5.92 Å². The molecule has 0 fully saturated rings. The summed E-state index contributed by atoms with van der Waals surface area (Å²) in [5.41, 5.74) is 0. The number of aliphatic hydroxyl groups excluding tert-OH is 1. The Morgan fingerprint density at radius 1 is 0.260 bits per heavy atom. The Labute approximate surface area is 638 Å². The van der Waals surface area contributed by atoms with Crippen LogP contribution in [0.4, 0.5) is 0 Å². The zero-order chi connectivity index (χ0) is 76.2. The van der Waals surface area contributed by atoms with E-state index in [1.165, 1.54) is 283 Å². The quantitative estimate of drug-likeness (QED) is 0.0222. The fraction of sp³-hybridized carbons (Fsp3) is 0.953. The summed E-state index contributed by atoms with van der Waals surface area (Å²) < 4.78 is 68.8. The van der Waals surface area contributed by atoms with Crippen LogP contribution >= 0.6 is 15.6 Å². The van der Waals surface area contributed by atoms with E-state index < -0.39 is 97.5 Å². The van der Waals surface area contributed by atoms with Gasteiger partial charge in [0.15, 0.2) is 12.2 Å². The number of carbonyl (C=O) groups excluding carboxylic acids is 4. The Balaban J connectivity index is 5.22. The minimum absolute atomic E-state index is 0.107. The number of phosphoric acid groups is 2. The third-order valence-corrected chi connectivity index (χ3v) is 21.9. The average molecular weight is 1520 g/mol. The van der Waals surface area contributed by atoms with Gasteiger partial charge in [-0.3, -0.25) is 37.3 Å². The lowest BCUT2D eigenvalue weighted by atomic mass is 10.0. The number of rotatable bonds is 85. The summed E-state index contributed by atoms with van der Waals surface area (Å²) in [7, 11) is -9.92. The van der Waals surface area contributed by atoms with E-state index in [0.29, 0.717) is 25.7 Å². The van der Waals surface area contributed by atoms with Crippen LogP contribution in [0.25, 0.3) is 0 Å². The fourth-order valence-electron chi connectivity index (χ4n) is 13.3. The van der Waals surface area contributed by atoms with Crippen molar-refractivity contribution < 1.29 is 80.2 Å². The van der Waals surface area contributed by atoms with Crippen molar-refractivity contribution >= 4 is 39.5 Å². The lowest BCUT2D eigenvalue weighted by Crippen LogP contribution is -2.30. The molecule has 0 radical (unpaired) electrons. The average Bonchev–Trinajstić information content (AvgIpc) is 0.916. The highest BCUT2D eigenvalue weighted by Gasteiger charge is 2.30. The topological polar surface area (TPSA) is 237 Å². The number of ether oxygens (including phenoxy) is 4. The second kappa shape index (κ2) is 77.8. The second-order valence-corrected chi connectivity index (χ2v) is 34.0. The van der Waals surface area contributed by atoms with Crippen molar-refractivity contribution in [2.75, 3.05) is 39.6 Å². The monoisotopic (exact) mass is 1520 g/mol. The van der Waals surface area contributed by atoms with Crippen LogP contribution in [-0.2, 0) is 65.4 Å². The number of aliphatic hydroxyl groups is 1. The Bertz CT molecular complexity index is 1980. The van der Waals surface area contributed by atoms with Gasteiger partial charge in [-0.25, -0.2) is 9.13 Å². The van der Waals surface area contributed by atoms with E-state index in [0.717, 1.165) is 95.8 Å². The van der Waals surface area contributed by atoms with E-state index in [1.54, 1.807) is 0 Å². The minimum atomic E-state index is -4.96. The predicted octanol–water partition coefficient (Wildman–Crippen LogP) is 26.0. The van der Waals surface area contributed by atoms with Crippen molar-refractivity contribution in [3.05, 3.63) is 0 Å². The molecule has 618 valence electrons. The van der Waals surface area contributed by atoms with Crippen molar-refractivity contribution in [2.45, 2.75) is 477 Å². The molecule has 0 aliphatic rings. The third kappa shape index (κ3) is 78.2. The van der Waals surface area contributed by atoms with Gasteiger partial charge in [0, 0.05) is 25.7 Å². The maximum atomic E-state index is 13.1. The number of phosphoric ester groups is 2. The van der Waals surface area contributed by atoms with Crippen molar-refractivity contribution in [3.63, 3.8) is 0 Å². The van der Waals surface area contributed by atoms with Crippen LogP contribution in [0.15, 0.2) is 0 Å². The smallest absolute Gasteiger partial charge is 0.462 e. The summed E-state index contributed by atoms with van der Waals surface area (Å²) in [6.07, 6.45) is 70.9. The Kier molecular flexibility index (Phi) is 76.3. The molecule has 17 nitrogen and oxygen atoms in total. The van der Waals surface area contributed by atoms with E-state index in [9.17, 15) is 43.2 Å². The first-order chi connectivity index (χ1) is 50.5. The van der Waals surface area contributed by atoms with E-state index in [2.05, 4.69) is 34.6 Å². The summed E-state index contributed by atoms with van der Waals surface area (Å²) in [5, 5.41) is 10.7. The fourth-order valence-corrected chi connectivity index (χ4v) is 14.9. The number of carbonyl (C=O) groups is 4. The molecule has 3 N–H and O–H groups in total. The Morgan fingerprint density at radius 2 is 0.442 bits per heavy atom. The largest absolute Gasteiger partial charge is 0.472 e. The summed E-state index contributed by atoms with van der Waals surface area (Å²) in [5.74, 6) is -1.35. The van der Waals surface area contributed by atoms with Crippen molar-refractivity contribution in [1.29, 1.82) is 0 Å². The Morgan fingerprint density at radius 3 is 0.654 bits per heavy atom. The lowest BCUT2D eigenvalue weighted by molar-refractivity contribution is -0.161. The molecule has 0 aromatic carbocycles. The summed E-state index contributed by atoms with van der Waals surface area (Å²) in [4.78, 5) is 73.2. The van der Waals surface area contributed by atoms with Crippen molar-refractivity contribution in [1.82, 2.24) is 0 Å². The standard InChI is InChI=1S/C85H166O17P2/c1-6-9-12-15-18-21-24-26-28-30-32-33-34-35-37-39-41-44-50-55-60-65-70-84(89)101-80(75-96-83(88)69-64-59-54-49-43-40-38-36-31-29-27-25-22-19-16-13-10-7-2)76-99-103(91,92)97-72-79(86)73-98-104(93,94)100-77-81(74-95-82(87)68-63-58-53-48-42-23-20-17-14-11-8-3)102-85(90)71-66-61-56-51-46-45-47-52-57-62-67-78(4)5/h78-81,86H,6-77H2,1-5H3,(H,91,92)(H,93,94)/t79-,80-,81-/m1/s1. The Hall–Kier alpha value is -1.94. The van der Waals surface area contributed by atoms with Gasteiger partial charge in [0.2, 0.25) is 0 Å². The van der Waals surface area contributed by atoms with E-state index in [4.69, 9.17) is 37.0 Å². The SMILES string of the molecule is CCCCCCCCCCCCCCCCCCCCCCCCC(=O)O[C@H](COC(=O)CCCCCCCCCCCCCCCCCCCC)COP(=O)(O)OC[C@@H](O)COP(=O)(O)OC[C@@H](COC(=O)CCCCCCCCCCCCC)OC(=O)CCCCCCCCCCCCC(C)C. The van der Waals surface area contributed by atoms with Crippen molar-refractivity contribution in [3.8, 4) is 0 Å². The molecule has 2 unspecified atom stereocenters. The van der Waals surface area contributed by atoms with Gasteiger partial charge in [-0.15, -0.1) is 0 Å². The molecule has 0 saturated heterocycles. The van der Waals surface area contributed by atoms with Gasteiger partial charge >= 0.3 is 39.5 Å². The number of unbranched alkanes of at least 4 members (excludes halogenated alkanes) is 57. The first-order valence-corrected chi connectivity index (χ1v) is 47.1. The first-order valence-electron chi connectivity index (χ1n) is 44.1. The van der Waals surface area contributed by atoms with Crippen LogP contribution in [0.2, 0.25) is 0 Å². The van der Waals surface area contributed by atoms with Gasteiger partial charge in [-0.1, -0.05) is 407 Å². The van der Waals surface area contributed by atoms with Crippen LogP contribution in [0, 0.1) is 5.92 Å². The first kappa shape index (κ1) is 102. The lowest BCUT2D eigenvalue weighted by Gasteiger charge is -2.21. The van der Waals surface area contributed by atoms with Crippen LogP contribution in [-0.4, -0.2) is 96.7 Å². The molecule has 0 aromatic rings. The maximum Gasteiger partial charge on any atom is 0.472 e. The molecule has 19 heteroatoms. The molecular formula is C85H166O17P2. The zero-order valence-corrected chi connectivity index (χ0v) is 70.0.